The number of para-hydroxylation sites is 3. The van der Waals surface area contributed by atoms with E-state index in [9.17, 15) is 9.90 Å². The summed E-state index contributed by atoms with van der Waals surface area (Å²) in [6, 6.07) is 14.5. The van der Waals surface area contributed by atoms with Gasteiger partial charge in [0.2, 0.25) is 0 Å². The molecule has 3 aromatic rings. The van der Waals surface area contributed by atoms with Crippen molar-refractivity contribution in [2.75, 3.05) is 0 Å². The molecule has 0 spiro atoms. The summed E-state index contributed by atoms with van der Waals surface area (Å²) in [7, 11) is 0. The Balaban J connectivity index is 1.70. The molecule has 0 fully saturated rings. The Bertz CT molecular complexity index is 883. The molecule has 6 heteroatoms. The molecule has 0 bridgehead atoms. The molecule has 0 saturated carbocycles. The van der Waals surface area contributed by atoms with Gasteiger partial charge in [-0.1, -0.05) is 24.3 Å². The molecule has 0 saturated heterocycles. The summed E-state index contributed by atoms with van der Waals surface area (Å²) in [5.74, 6) is -0.133. The number of fused-ring (bicyclic) bond motifs is 1. The molecule has 3 rings (SSSR count). The highest BCUT2D eigenvalue weighted by molar-refractivity contribution is 6.01. The van der Waals surface area contributed by atoms with Crippen LogP contribution in [0.25, 0.3) is 11.0 Å². The maximum Gasteiger partial charge on any atom is 0.260 e. The summed E-state index contributed by atoms with van der Waals surface area (Å²) in [5, 5.41) is 13.8. The zero-order chi connectivity index (χ0) is 16.2. The number of carbonyl (C=O) groups excluding carboxylic acids is 1. The largest absolute Gasteiger partial charge is 0.507 e. The van der Waals surface area contributed by atoms with Gasteiger partial charge in [-0.15, -0.1) is 0 Å². The number of amides is 1. The maximum absolute atomic E-state index is 12.0. The van der Waals surface area contributed by atoms with Crippen molar-refractivity contribution in [2.24, 2.45) is 5.10 Å². The van der Waals surface area contributed by atoms with Crippen LogP contribution in [0.15, 0.2) is 60.0 Å². The predicted octanol–water partition coefficient (Wildman–Crippen LogP) is 2.28. The van der Waals surface area contributed by atoms with Crippen LogP contribution < -0.4 is 5.43 Å². The lowest BCUT2D eigenvalue weighted by atomic mass is 10.1. The van der Waals surface area contributed by atoms with Crippen molar-refractivity contribution < 1.29 is 9.90 Å². The number of benzene rings is 2. The first-order chi connectivity index (χ1) is 11.1. The minimum Gasteiger partial charge on any atom is -0.507 e. The molecule has 1 amide bonds. The van der Waals surface area contributed by atoms with Crippen molar-refractivity contribution in [3.63, 3.8) is 0 Å². The Labute approximate surface area is 133 Å². The fourth-order valence-corrected chi connectivity index (χ4v) is 2.31. The molecule has 0 aliphatic rings. The first-order valence-electron chi connectivity index (χ1n) is 7.16. The first-order valence-corrected chi connectivity index (χ1v) is 7.16. The number of phenols is 1. The van der Waals surface area contributed by atoms with Crippen LogP contribution in [0.3, 0.4) is 0 Å². The number of rotatable bonds is 4. The number of hydrazone groups is 1. The summed E-state index contributed by atoms with van der Waals surface area (Å²) in [6.07, 6.45) is 1.63. The van der Waals surface area contributed by atoms with E-state index in [0.29, 0.717) is 11.3 Å². The maximum atomic E-state index is 12.0. The monoisotopic (exact) mass is 308 g/mol. The molecule has 2 aromatic carbocycles. The lowest BCUT2D eigenvalue weighted by molar-refractivity contribution is -0.121. The van der Waals surface area contributed by atoms with E-state index in [4.69, 9.17) is 0 Å². The summed E-state index contributed by atoms with van der Waals surface area (Å²) in [6.45, 7) is 1.85. The number of nitrogens with zero attached hydrogens (tertiary/aromatic N) is 3. The molecule has 23 heavy (non-hydrogen) atoms. The van der Waals surface area contributed by atoms with E-state index >= 15 is 0 Å². The van der Waals surface area contributed by atoms with E-state index in [1.807, 2.05) is 24.3 Å². The SMILES string of the molecule is C/C(=N\NC(=O)Cn1cnc2ccccc21)c1ccccc1O. The van der Waals surface area contributed by atoms with Crippen LogP contribution in [0, 0.1) is 0 Å². The third-order valence-corrected chi connectivity index (χ3v) is 3.48. The zero-order valence-corrected chi connectivity index (χ0v) is 12.6. The van der Waals surface area contributed by atoms with Crippen LogP contribution in [-0.2, 0) is 11.3 Å². The van der Waals surface area contributed by atoms with E-state index in [-0.39, 0.29) is 18.2 Å². The van der Waals surface area contributed by atoms with E-state index < -0.39 is 0 Å². The number of phenolic OH excluding ortho intramolecular Hbond substituents is 1. The van der Waals surface area contributed by atoms with Crippen molar-refractivity contribution in [1.82, 2.24) is 15.0 Å². The van der Waals surface area contributed by atoms with E-state index in [0.717, 1.165) is 11.0 Å². The molecule has 1 heterocycles. The predicted molar refractivity (Wildman–Crippen MR) is 88.2 cm³/mol. The highest BCUT2D eigenvalue weighted by Gasteiger charge is 2.07. The van der Waals surface area contributed by atoms with E-state index in [1.54, 1.807) is 42.1 Å². The van der Waals surface area contributed by atoms with Crippen molar-refractivity contribution in [3.05, 3.63) is 60.4 Å². The van der Waals surface area contributed by atoms with Gasteiger partial charge < -0.3 is 9.67 Å². The van der Waals surface area contributed by atoms with Crippen LogP contribution in [0.4, 0.5) is 0 Å². The standard InChI is InChI=1S/C17H16N4O2/c1-12(13-6-2-5-9-16(13)22)19-20-17(23)10-21-11-18-14-7-3-4-8-15(14)21/h2-9,11,22H,10H2,1H3,(H,20,23)/b19-12+. The number of aromatic nitrogens is 2. The highest BCUT2D eigenvalue weighted by Crippen LogP contribution is 2.16. The van der Waals surface area contributed by atoms with Gasteiger partial charge in [0.25, 0.3) is 5.91 Å². The van der Waals surface area contributed by atoms with Gasteiger partial charge in [-0.3, -0.25) is 4.79 Å². The molecule has 116 valence electrons. The second-order valence-electron chi connectivity index (χ2n) is 5.11. The number of nitrogens with one attached hydrogen (secondary N) is 1. The van der Waals surface area contributed by atoms with Gasteiger partial charge in [0.15, 0.2) is 0 Å². The van der Waals surface area contributed by atoms with E-state index in [1.165, 1.54) is 0 Å². The average Bonchev–Trinajstić information content (AvgIpc) is 2.96. The zero-order valence-electron chi connectivity index (χ0n) is 12.6. The second kappa shape index (κ2) is 6.31. The number of hydrogen-bond acceptors (Lipinski definition) is 4. The van der Waals surface area contributed by atoms with Crippen LogP contribution >= 0.6 is 0 Å². The molecular formula is C17H16N4O2. The van der Waals surface area contributed by atoms with Crippen molar-refractivity contribution in [2.45, 2.75) is 13.5 Å². The highest BCUT2D eigenvalue weighted by atomic mass is 16.3. The number of carbonyl (C=O) groups is 1. The minimum absolute atomic E-state index is 0.123. The minimum atomic E-state index is -0.261. The van der Waals surface area contributed by atoms with Gasteiger partial charge in [-0.05, 0) is 31.2 Å². The molecular weight excluding hydrogens is 292 g/mol. The van der Waals surface area contributed by atoms with Gasteiger partial charge in [-0.2, -0.15) is 5.10 Å². The normalized spacial score (nSPS) is 11.6. The lowest BCUT2D eigenvalue weighted by Gasteiger charge is -2.06. The van der Waals surface area contributed by atoms with Crippen molar-refractivity contribution >= 4 is 22.7 Å². The summed E-state index contributed by atoms with van der Waals surface area (Å²) in [4.78, 5) is 16.3. The van der Waals surface area contributed by atoms with Crippen molar-refractivity contribution in [1.29, 1.82) is 0 Å². The Morgan fingerprint density at radius 3 is 2.78 bits per heavy atom. The van der Waals surface area contributed by atoms with Crippen LogP contribution in [0.2, 0.25) is 0 Å². The van der Waals surface area contributed by atoms with Gasteiger partial charge in [0, 0.05) is 5.56 Å². The van der Waals surface area contributed by atoms with Crippen LogP contribution in [0.1, 0.15) is 12.5 Å². The molecule has 6 nitrogen and oxygen atoms in total. The number of hydrogen-bond donors (Lipinski definition) is 2. The van der Waals surface area contributed by atoms with Gasteiger partial charge in [0.1, 0.15) is 12.3 Å². The Morgan fingerprint density at radius 1 is 1.22 bits per heavy atom. The molecule has 0 aliphatic carbocycles. The Kier molecular flexibility index (Phi) is 4.05. The summed E-state index contributed by atoms with van der Waals surface area (Å²) >= 11 is 0. The number of aromatic hydroxyl groups is 1. The first kappa shape index (κ1) is 14.8. The molecule has 1 aromatic heterocycles. The second-order valence-corrected chi connectivity index (χ2v) is 5.11. The molecule has 0 atom stereocenters. The average molecular weight is 308 g/mol. The topological polar surface area (TPSA) is 79.5 Å². The molecule has 0 aliphatic heterocycles. The fourth-order valence-electron chi connectivity index (χ4n) is 2.31. The Hall–Kier alpha value is -3.15. The molecule has 0 radical (unpaired) electrons. The van der Waals surface area contributed by atoms with Gasteiger partial charge >= 0.3 is 0 Å². The summed E-state index contributed by atoms with van der Waals surface area (Å²) < 4.78 is 1.76. The van der Waals surface area contributed by atoms with Crippen molar-refractivity contribution in [3.8, 4) is 5.75 Å². The van der Waals surface area contributed by atoms with Crippen LogP contribution in [0.5, 0.6) is 5.75 Å². The summed E-state index contributed by atoms with van der Waals surface area (Å²) in [5.41, 5.74) is 5.35. The fraction of sp³-hybridized carbons (Fsp3) is 0.118. The Morgan fingerprint density at radius 2 is 1.96 bits per heavy atom. The van der Waals surface area contributed by atoms with Crippen LogP contribution in [-0.4, -0.2) is 26.3 Å². The number of imidazole rings is 1. The molecule has 2 N–H and O–H groups in total. The van der Waals surface area contributed by atoms with E-state index in [2.05, 4.69) is 15.5 Å². The molecule has 0 unspecified atom stereocenters. The smallest absolute Gasteiger partial charge is 0.260 e. The van der Waals surface area contributed by atoms with Gasteiger partial charge in [0.05, 0.1) is 23.1 Å². The third kappa shape index (κ3) is 3.21. The quantitative estimate of drug-likeness (QED) is 0.573. The lowest BCUT2D eigenvalue weighted by Crippen LogP contribution is -2.24. The van der Waals surface area contributed by atoms with Gasteiger partial charge in [-0.25, -0.2) is 10.4 Å². The third-order valence-electron chi connectivity index (χ3n) is 3.48.